The lowest BCUT2D eigenvalue weighted by atomic mass is 10.1. The molecule has 0 aromatic carbocycles. The van der Waals surface area contributed by atoms with Gasteiger partial charge < -0.3 is 14.8 Å². The van der Waals surface area contributed by atoms with Crippen molar-refractivity contribution in [1.29, 1.82) is 5.53 Å². The Morgan fingerprint density at radius 1 is 1.19 bits per heavy atom. The number of guanidine groups is 1. The first-order valence-corrected chi connectivity index (χ1v) is 11.6. The number of nitrogens with zero attached hydrogens (tertiary/aromatic N) is 10. The number of aromatic amines is 1. The summed E-state index contributed by atoms with van der Waals surface area (Å²) < 4.78 is 16.0. The average molecular weight is 511 g/mol. The Morgan fingerprint density at radius 2 is 1.97 bits per heavy atom. The van der Waals surface area contributed by atoms with E-state index in [1.807, 2.05) is 4.90 Å². The summed E-state index contributed by atoms with van der Waals surface area (Å²) in [6.45, 7) is 1.16. The Morgan fingerprint density at radius 3 is 2.61 bits per heavy atom. The number of H-pyrrole nitrogens is 1. The van der Waals surface area contributed by atoms with Crippen molar-refractivity contribution in [3.8, 4) is 5.82 Å². The summed E-state index contributed by atoms with van der Waals surface area (Å²) in [5.41, 5.74) is 7.67. The summed E-state index contributed by atoms with van der Waals surface area (Å²) >= 11 is 1.31. The van der Waals surface area contributed by atoms with Crippen molar-refractivity contribution < 1.29 is 14.0 Å². The van der Waals surface area contributed by atoms with Crippen LogP contribution in [0.5, 0.6) is 0 Å². The number of rotatable bonds is 5. The lowest BCUT2D eigenvalue weighted by Gasteiger charge is -2.37. The van der Waals surface area contributed by atoms with Crippen LogP contribution in [0.2, 0.25) is 0 Å². The van der Waals surface area contributed by atoms with Crippen molar-refractivity contribution >= 4 is 45.0 Å². The summed E-state index contributed by atoms with van der Waals surface area (Å²) in [4.78, 5) is 44.7. The van der Waals surface area contributed by atoms with Crippen LogP contribution in [0.3, 0.4) is 0 Å². The molecule has 0 aliphatic carbocycles. The number of hydrogen-bond donors (Lipinski definition) is 2. The van der Waals surface area contributed by atoms with Crippen molar-refractivity contribution in [2.24, 2.45) is 10.2 Å². The minimum Gasteiger partial charge on any atom is -0.357 e. The number of Topliss-reactive ketones (excluding diaryl/α,β-unsaturated/α-hetero) is 1. The second-order valence-electron chi connectivity index (χ2n) is 7.59. The van der Waals surface area contributed by atoms with Gasteiger partial charge in [0.05, 0.1) is 35.1 Å². The van der Waals surface area contributed by atoms with Gasteiger partial charge in [0.25, 0.3) is 11.7 Å². The Labute approximate surface area is 206 Å². The quantitative estimate of drug-likeness (QED) is 0.102. The van der Waals surface area contributed by atoms with Crippen LogP contribution >= 0.6 is 11.3 Å². The molecule has 16 heteroatoms. The number of aliphatic imine (C=N–C) groups is 1. The van der Waals surface area contributed by atoms with Crippen LogP contribution in [0.1, 0.15) is 10.4 Å². The van der Waals surface area contributed by atoms with Crippen molar-refractivity contribution in [3.63, 3.8) is 0 Å². The number of ketones is 1. The summed E-state index contributed by atoms with van der Waals surface area (Å²) in [5, 5.41) is 14.6. The van der Waals surface area contributed by atoms with Gasteiger partial charge in [0.15, 0.2) is 11.6 Å². The Kier molecular flexibility index (Phi) is 6.16. The van der Waals surface area contributed by atoms with Gasteiger partial charge in [-0.3, -0.25) is 14.6 Å². The van der Waals surface area contributed by atoms with E-state index in [0.717, 1.165) is 6.20 Å². The number of carbonyl (C=O) groups excluding carboxylic acids is 2. The van der Waals surface area contributed by atoms with Gasteiger partial charge in [0, 0.05) is 51.0 Å². The number of nitrogens with one attached hydrogen (secondary N) is 2. The molecular formula is C20H19FN12O2S. The third-order valence-corrected chi connectivity index (χ3v) is 6.41. The molecule has 1 saturated heterocycles. The van der Waals surface area contributed by atoms with Gasteiger partial charge in [-0.25, -0.2) is 19.0 Å². The van der Waals surface area contributed by atoms with Crippen LogP contribution in [0.4, 0.5) is 9.52 Å². The maximum absolute atomic E-state index is 14.7. The van der Waals surface area contributed by atoms with Crippen molar-refractivity contribution in [2.75, 3.05) is 38.2 Å². The van der Waals surface area contributed by atoms with Gasteiger partial charge in [-0.05, 0) is 0 Å². The maximum atomic E-state index is 14.7. The molecule has 184 valence electrons. The Bertz CT molecular complexity index is 1440. The Hall–Kier alpha value is -4.60. The van der Waals surface area contributed by atoms with E-state index in [2.05, 4.69) is 35.5 Å². The Balaban J connectivity index is 1.33. The van der Waals surface area contributed by atoms with E-state index in [4.69, 9.17) is 5.53 Å². The second-order valence-corrected chi connectivity index (χ2v) is 8.46. The summed E-state index contributed by atoms with van der Waals surface area (Å²) in [6, 6.07) is 0. The second kappa shape index (κ2) is 9.57. The maximum Gasteiger partial charge on any atom is 0.295 e. The summed E-state index contributed by atoms with van der Waals surface area (Å²) in [7, 11) is 1.58. The van der Waals surface area contributed by atoms with E-state index in [0.29, 0.717) is 24.2 Å². The number of hydrogen-bond acceptors (Lipinski definition) is 10. The van der Waals surface area contributed by atoms with E-state index in [1.165, 1.54) is 44.5 Å². The molecule has 1 aliphatic rings. The van der Waals surface area contributed by atoms with Gasteiger partial charge in [0.2, 0.25) is 11.1 Å². The highest BCUT2D eigenvalue weighted by molar-refractivity contribution is 7.13. The predicted molar refractivity (Wildman–Crippen MR) is 127 cm³/mol. The topological polar surface area (TPSA) is 165 Å². The fraction of sp³-hybridized carbons (Fsp3) is 0.250. The van der Waals surface area contributed by atoms with E-state index in [-0.39, 0.29) is 35.4 Å². The van der Waals surface area contributed by atoms with Gasteiger partial charge in [-0.15, -0.1) is 16.4 Å². The van der Waals surface area contributed by atoms with E-state index in [1.54, 1.807) is 18.6 Å². The monoisotopic (exact) mass is 510 g/mol. The zero-order valence-electron chi connectivity index (χ0n) is 18.9. The molecule has 0 radical (unpaired) electrons. The summed E-state index contributed by atoms with van der Waals surface area (Å²) in [6.07, 6.45) is 6.86. The first-order chi connectivity index (χ1) is 17.5. The fourth-order valence-electron chi connectivity index (χ4n) is 4.00. The van der Waals surface area contributed by atoms with Gasteiger partial charge in [-0.2, -0.15) is 10.5 Å². The highest BCUT2D eigenvalue weighted by atomic mass is 32.1. The van der Waals surface area contributed by atoms with Crippen LogP contribution in [-0.2, 0) is 4.79 Å². The molecule has 0 bridgehead atoms. The number of piperazine rings is 1. The van der Waals surface area contributed by atoms with E-state index >= 15 is 0 Å². The lowest BCUT2D eigenvalue weighted by molar-refractivity contribution is -0.127. The first kappa shape index (κ1) is 23.2. The smallest absolute Gasteiger partial charge is 0.295 e. The van der Waals surface area contributed by atoms with Crippen LogP contribution < -0.4 is 5.01 Å². The van der Waals surface area contributed by atoms with Crippen LogP contribution in [0, 0.1) is 11.3 Å². The highest BCUT2D eigenvalue weighted by Crippen LogP contribution is 2.26. The number of thiazole rings is 1. The van der Waals surface area contributed by atoms with Crippen LogP contribution in [-0.4, -0.2) is 90.6 Å². The minimum absolute atomic E-state index is 0.0379. The molecule has 14 nitrogen and oxygen atoms in total. The molecule has 0 unspecified atom stereocenters. The van der Waals surface area contributed by atoms with Gasteiger partial charge in [-0.1, -0.05) is 10.4 Å². The molecule has 0 spiro atoms. The van der Waals surface area contributed by atoms with E-state index in [9.17, 15) is 14.0 Å². The molecule has 2 N–H and O–H groups in total. The number of amides is 1. The van der Waals surface area contributed by atoms with Crippen molar-refractivity contribution in [1.82, 2.24) is 39.7 Å². The third kappa shape index (κ3) is 3.96. The minimum atomic E-state index is -0.834. The number of anilines is 1. The normalized spacial score (nSPS) is 14.3. The molecule has 1 aliphatic heterocycles. The van der Waals surface area contributed by atoms with Crippen LogP contribution in [0.25, 0.3) is 16.7 Å². The number of halogens is 1. The fourth-order valence-corrected chi connectivity index (χ4v) is 4.59. The molecule has 1 fully saturated rings. The van der Waals surface area contributed by atoms with Crippen molar-refractivity contribution in [2.45, 2.75) is 0 Å². The van der Waals surface area contributed by atoms with Crippen LogP contribution in [0.15, 0.2) is 46.6 Å². The third-order valence-electron chi connectivity index (χ3n) is 5.66. The SMILES string of the molecule is CN=C(N1CCN(C(=O)C(=O)c2c[nH]c3c(-n4ccnn4)ncc(F)c23)CC1)N(N=N)c1nccs1. The number of carbonyl (C=O) groups is 2. The molecule has 4 aromatic rings. The van der Waals surface area contributed by atoms with Gasteiger partial charge in [0.1, 0.15) is 0 Å². The number of pyridine rings is 1. The number of aromatic nitrogens is 6. The lowest BCUT2D eigenvalue weighted by Crippen LogP contribution is -2.55. The largest absolute Gasteiger partial charge is 0.357 e. The van der Waals surface area contributed by atoms with E-state index < -0.39 is 17.5 Å². The molecule has 0 atom stereocenters. The van der Waals surface area contributed by atoms with Crippen molar-refractivity contribution in [3.05, 3.63) is 47.7 Å². The zero-order valence-corrected chi connectivity index (χ0v) is 19.7. The van der Waals surface area contributed by atoms with Gasteiger partial charge >= 0.3 is 0 Å². The first-order valence-electron chi connectivity index (χ1n) is 10.7. The number of fused-ring (bicyclic) bond motifs is 1. The molecule has 36 heavy (non-hydrogen) atoms. The average Bonchev–Trinajstić information content (AvgIpc) is 3.69. The standard InChI is InChI=1S/C20H19FN12O2S/c1-23-19(33(28-22)20-24-3-9-36-20)31-7-5-30(6-8-31)18(35)16(34)12-10-25-15-14(12)13(21)11-26-17(15)32-4-2-27-29-32/h2-4,9-11,22,25H,5-8H2,1H3. The molecule has 1 amide bonds. The summed E-state index contributed by atoms with van der Waals surface area (Å²) in [5.74, 6) is -1.66. The zero-order chi connectivity index (χ0) is 25.2. The molecule has 4 aromatic heterocycles. The molecule has 5 heterocycles. The molecular weight excluding hydrogens is 491 g/mol. The molecule has 5 rings (SSSR count). The highest BCUT2D eigenvalue weighted by Gasteiger charge is 2.32. The molecule has 0 saturated carbocycles. The predicted octanol–water partition coefficient (Wildman–Crippen LogP) is 1.50.